The van der Waals surface area contributed by atoms with Crippen molar-refractivity contribution in [1.82, 2.24) is 15.0 Å². The Bertz CT molecular complexity index is 1460. The fraction of sp³-hybridized carbons (Fsp3) is 0.250. The van der Waals surface area contributed by atoms with Crippen molar-refractivity contribution in [2.75, 3.05) is 33.9 Å². The Morgan fingerprint density at radius 2 is 1.75 bits per heavy atom. The van der Waals surface area contributed by atoms with Gasteiger partial charge in [0.2, 0.25) is 11.7 Å². The van der Waals surface area contributed by atoms with Gasteiger partial charge in [-0.3, -0.25) is 14.9 Å². The van der Waals surface area contributed by atoms with E-state index < -0.39 is 4.92 Å². The zero-order valence-electron chi connectivity index (χ0n) is 21.9. The van der Waals surface area contributed by atoms with Crippen LogP contribution in [0.4, 0.5) is 5.69 Å². The third-order valence-electron chi connectivity index (χ3n) is 6.03. The van der Waals surface area contributed by atoms with Crippen LogP contribution in [0.25, 0.3) is 11.4 Å². The van der Waals surface area contributed by atoms with Crippen LogP contribution in [0.2, 0.25) is 5.02 Å². The third-order valence-corrected chi connectivity index (χ3v) is 6.28. The number of nitro groups is 1. The zero-order valence-corrected chi connectivity index (χ0v) is 22.7. The number of carbonyl (C=O) groups is 1. The molecule has 0 unspecified atom stereocenters. The predicted molar refractivity (Wildman–Crippen MR) is 147 cm³/mol. The van der Waals surface area contributed by atoms with Crippen molar-refractivity contribution in [3.63, 3.8) is 0 Å². The molecule has 0 aliphatic rings. The SMILES string of the molecule is COc1ccc(CCN(CCc2nc(-c3cccc([N+](=O)[O-])c3)no2)C(=O)COc2ccc(Cl)cc2)cc1OC. The fourth-order valence-electron chi connectivity index (χ4n) is 3.89. The fourth-order valence-corrected chi connectivity index (χ4v) is 4.02. The maximum atomic E-state index is 13.2. The van der Waals surface area contributed by atoms with E-state index in [1.165, 1.54) is 12.1 Å². The van der Waals surface area contributed by atoms with E-state index in [2.05, 4.69) is 10.1 Å². The Morgan fingerprint density at radius 3 is 2.48 bits per heavy atom. The van der Waals surface area contributed by atoms with Gasteiger partial charge in [-0.1, -0.05) is 35.0 Å². The molecule has 0 aliphatic carbocycles. The van der Waals surface area contributed by atoms with Crippen molar-refractivity contribution >= 4 is 23.2 Å². The van der Waals surface area contributed by atoms with E-state index in [0.29, 0.717) is 46.7 Å². The maximum Gasteiger partial charge on any atom is 0.270 e. The molecule has 12 heteroatoms. The van der Waals surface area contributed by atoms with E-state index >= 15 is 0 Å². The second-order valence-electron chi connectivity index (χ2n) is 8.63. The third kappa shape index (κ3) is 7.48. The van der Waals surface area contributed by atoms with Crippen molar-refractivity contribution in [1.29, 1.82) is 0 Å². The number of carbonyl (C=O) groups excluding carboxylic acids is 1. The zero-order chi connectivity index (χ0) is 28.5. The minimum absolute atomic E-state index is 0.0727. The average Bonchev–Trinajstić information content (AvgIpc) is 3.45. The Kier molecular flexibility index (Phi) is 9.53. The topological polar surface area (TPSA) is 130 Å². The van der Waals surface area contributed by atoms with Crippen LogP contribution in [0.3, 0.4) is 0 Å². The van der Waals surface area contributed by atoms with Gasteiger partial charge in [-0.2, -0.15) is 4.98 Å². The molecule has 40 heavy (non-hydrogen) atoms. The van der Waals surface area contributed by atoms with Crippen molar-refractivity contribution in [2.45, 2.75) is 12.8 Å². The van der Waals surface area contributed by atoms with Crippen molar-refractivity contribution in [3.05, 3.63) is 93.3 Å². The van der Waals surface area contributed by atoms with E-state index in [9.17, 15) is 14.9 Å². The number of benzene rings is 3. The summed E-state index contributed by atoms with van der Waals surface area (Å²) in [6.07, 6.45) is 0.830. The lowest BCUT2D eigenvalue weighted by molar-refractivity contribution is -0.384. The molecule has 4 aromatic rings. The van der Waals surface area contributed by atoms with Gasteiger partial charge in [-0.15, -0.1) is 0 Å². The minimum Gasteiger partial charge on any atom is -0.493 e. The van der Waals surface area contributed by atoms with Crippen molar-refractivity contribution in [3.8, 4) is 28.6 Å². The number of methoxy groups -OCH3 is 2. The summed E-state index contributed by atoms with van der Waals surface area (Å²) in [5.74, 6) is 2.04. The maximum absolute atomic E-state index is 13.2. The molecule has 1 amide bonds. The number of ether oxygens (including phenoxy) is 3. The first-order valence-electron chi connectivity index (χ1n) is 12.3. The van der Waals surface area contributed by atoms with E-state index in [-0.39, 0.29) is 37.0 Å². The van der Waals surface area contributed by atoms with E-state index in [1.807, 2.05) is 18.2 Å². The molecular formula is C28H27ClN4O7. The van der Waals surface area contributed by atoms with Gasteiger partial charge in [0.1, 0.15) is 5.75 Å². The monoisotopic (exact) mass is 566 g/mol. The molecule has 0 N–H and O–H groups in total. The Balaban J connectivity index is 1.44. The van der Waals surface area contributed by atoms with Crippen LogP contribution < -0.4 is 14.2 Å². The number of aromatic nitrogens is 2. The number of amides is 1. The van der Waals surface area contributed by atoms with Gasteiger partial charge in [0.15, 0.2) is 18.1 Å². The van der Waals surface area contributed by atoms with E-state index in [0.717, 1.165) is 5.56 Å². The number of rotatable bonds is 13. The highest BCUT2D eigenvalue weighted by Crippen LogP contribution is 2.28. The van der Waals surface area contributed by atoms with Crippen LogP contribution in [0.1, 0.15) is 11.5 Å². The summed E-state index contributed by atoms with van der Waals surface area (Å²) >= 11 is 5.93. The van der Waals surface area contributed by atoms with Gasteiger partial charge in [-0.05, 0) is 48.4 Å². The first-order valence-corrected chi connectivity index (χ1v) is 12.7. The molecule has 11 nitrogen and oxygen atoms in total. The number of non-ortho nitro benzene ring substituents is 1. The molecule has 3 aromatic carbocycles. The quantitative estimate of drug-likeness (QED) is 0.162. The van der Waals surface area contributed by atoms with Crippen LogP contribution in [0, 0.1) is 10.1 Å². The Morgan fingerprint density at radius 1 is 1.00 bits per heavy atom. The molecule has 0 spiro atoms. The molecule has 0 fully saturated rings. The lowest BCUT2D eigenvalue weighted by atomic mass is 10.1. The van der Waals surface area contributed by atoms with Crippen LogP contribution in [0.5, 0.6) is 17.2 Å². The van der Waals surface area contributed by atoms with Gasteiger partial charge < -0.3 is 23.6 Å². The molecule has 0 bridgehead atoms. The van der Waals surface area contributed by atoms with Crippen LogP contribution in [-0.4, -0.2) is 59.8 Å². The van der Waals surface area contributed by atoms with Gasteiger partial charge in [0.05, 0.1) is 19.1 Å². The van der Waals surface area contributed by atoms with Crippen molar-refractivity contribution in [2.24, 2.45) is 0 Å². The molecule has 208 valence electrons. The number of nitro benzene ring substituents is 1. The van der Waals surface area contributed by atoms with E-state index in [1.54, 1.807) is 55.5 Å². The Hall–Kier alpha value is -4.64. The standard InChI is InChI=1S/C28H27ClN4O7/c1-37-24-11-6-19(16-25(24)38-2)12-14-32(27(34)18-39-23-9-7-21(29)8-10-23)15-13-26-30-28(31-40-26)20-4-3-5-22(17-20)33(35)36/h3-11,16-17H,12-15,18H2,1-2H3. The summed E-state index contributed by atoms with van der Waals surface area (Å²) in [6.45, 7) is 0.507. The Labute approximate surface area is 235 Å². The highest BCUT2D eigenvalue weighted by Gasteiger charge is 2.18. The van der Waals surface area contributed by atoms with Gasteiger partial charge in [0.25, 0.3) is 11.6 Å². The van der Waals surface area contributed by atoms with Crippen LogP contribution in [0.15, 0.2) is 71.3 Å². The minimum atomic E-state index is -0.488. The second kappa shape index (κ2) is 13.4. The van der Waals surface area contributed by atoms with Crippen molar-refractivity contribution < 1.29 is 28.5 Å². The lowest BCUT2D eigenvalue weighted by Crippen LogP contribution is -2.38. The smallest absolute Gasteiger partial charge is 0.270 e. The summed E-state index contributed by atoms with van der Waals surface area (Å²) in [7, 11) is 3.14. The number of halogens is 1. The number of hydrogen-bond acceptors (Lipinski definition) is 9. The van der Waals surface area contributed by atoms with E-state index in [4.69, 9.17) is 30.3 Å². The highest BCUT2D eigenvalue weighted by molar-refractivity contribution is 6.30. The summed E-state index contributed by atoms with van der Waals surface area (Å²) in [4.78, 5) is 29.8. The summed E-state index contributed by atoms with van der Waals surface area (Å²) < 4.78 is 21.7. The largest absolute Gasteiger partial charge is 0.493 e. The molecule has 0 radical (unpaired) electrons. The number of hydrogen-bond donors (Lipinski definition) is 0. The molecule has 0 saturated carbocycles. The van der Waals surface area contributed by atoms with Gasteiger partial charge in [0, 0.05) is 42.2 Å². The first kappa shape index (κ1) is 28.4. The average molecular weight is 567 g/mol. The van der Waals surface area contributed by atoms with Gasteiger partial charge in [-0.25, -0.2) is 0 Å². The number of nitrogens with zero attached hydrogens (tertiary/aromatic N) is 4. The molecule has 4 rings (SSSR count). The molecular weight excluding hydrogens is 540 g/mol. The molecule has 1 aromatic heterocycles. The normalized spacial score (nSPS) is 10.7. The molecule has 0 aliphatic heterocycles. The highest BCUT2D eigenvalue weighted by atomic mass is 35.5. The molecule has 0 atom stereocenters. The first-order chi connectivity index (χ1) is 19.4. The summed E-state index contributed by atoms with van der Waals surface area (Å²) in [5, 5.41) is 15.6. The molecule has 0 saturated heterocycles. The van der Waals surface area contributed by atoms with Crippen LogP contribution >= 0.6 is 11.6 Å². The lowest BCUT2D eigenvalue weighted by Gasteiger charge is -2.22. The van der Waals surface area contributed by atoms with Gasteiger partial charge >= 0.3 is 0 Å². The predicted octanol–water partition coefficient (Wildman–Crippen LogP) is 5.01. The summed E-state index contributed by atoms with van der Waals surface area (Å²) in [5.41, 5.74) is 1.35. The molecule has 1 heterocycles. The summed E-state index contributed by atoms with van der Waals surface area (Å²) in [6, 6.07) is 18.3. The second-order valence-corrected chi connectivity index (χ2v) is 9.07. The van der Waals surface area contributed by atoms with Crippen LogP contribution in [-0.2, 0) is 17.6 Å².